The van der Waals surface area contributed by atoms with Gasteiger partial charge in [-0.1, -0.05) is 36.4 Å². The average molecular weight is 265 g/mol. The normalized spacial score (nSPS) is 10.7. The fourth-order valence-corrected chi connectivity index (χ4v) is 2.21. The molecular weight excluding hydrogens is 250 g/mol. The Kier molecular flexibility index (Phi) is 3.35. The Labute approximate surface area is 117 Å². The fourth-order valence-electron chi connectivity index (χ4n) is 2.21. The van der Waals surface area contributed by atoms with E-state index < -0.39 is 0 Å². The largest absolute Gasteiger partial charge is 0.438 e. The van der Waals surface area contributed by atoms with Crippen molar-refractivity contribution in [3.63, 3.8) is 0 Å². The predicted molar refractivity (Wildman–Crippen MR) is 78.9 cm³/mol. The molecule has 100 valence electrons. The SMILES string of the molecule is Cc1ccccc1Oc1ncc(CO)c2ccccc12. The number of aromatic nitrogens is 1. The Morgan fingerprint density at radius 1 is 1.00 bits per heavy atom. The van der Waals surface area contributed by atoms with Gasteiger partial charge < -0.3 is 9.84 Å². The van der Waals surface area contributed by atoms with Crippen molar-refractivity contribution < 1.29 is 9.84 Å². The van der Waals surface area contributed by atoms with Gasteiger partial charge in [-0.2, -0.15) is 0 Å². The van der Waals surface area contributed by atoms with Crippen LogP contribution in [0.25, 0.3) is 10.8 Å². The van der Waals surface area contributed by atoms with Gasteiger partial charge in [-0.3, -0.25) is 0 Å². The van der Waals surface area contributed by atoms with Crippen molar-refractivity contribution in [1.29, 1.82) is 0 Å². The molecule has 0 spiro atoms. The lowest BCUT2D eigenvalue weighted by Gasteiger charge is -2.11. The standard InChI is InChI=1S/C17H15NO2/c1-12-6-2-5-9-16(12)20-17-15-8-4-3-7-14(15)13(11-19)10-18-17/h2-10,19H,11H2,1H3. The zero-order valence-electron chi connectivity index (χ0n) is 11.2. The van der Waals surface area contributed by atoms with E-state index in [1.165, 1.54) is 0 Å². The Balaban J connectivity index is 2.11. The van der Waals surface area contributed by atoms with Crippen molar-refractivity contribution in [3.8, 4) is 11.6 Å². The third-order valence-corrected chi connectivity index (χ3v) is 3.31. The van der Waals surface area contributed by atoms with Crippen LogP contribution in [0.15, 0.2) is 54.7 Å². The van der Waals surface area contributed by atoms with Gasteiger partial charge in [0.05, 0.1) is 6.61 Å². The molecule has 3 aromatic rings. The molecule has 0 bridgehead atoms. The van der Waals surface area contributed by atoms with E-state index in [2.05, 4.69) is 4.98 Å². The van der Waals surface area contributed by atoms with Crippen LogP contribution in [0.5, 0.6) is 11.6 Å². The summed E-state index contributed by atoms with van der Waals surface area (Å²) in [6, 6.07) is 15.6. The number of hydrogen-bond acceptors (Lipinski definition) is 3. The second kappa shape index (κ2) is 5.31. The van der Waals surface area contributed by atoms with E-state index in [4.69, 9.17) is 4.74 Å². The van der Waals surface area contributed by atoms with Crippen LogP contribution in [0.1, 0.15) is 11.1 Å². The van der Waals surface area contributed by atoms with E-state index in [-0.39, 0.29) is 6.61 Å². The first-order valence-corrected chi connectivity index (χ1v) is 6.50. The number of rotatable bonds is 3. The van der Waals surface area contributed by atoms with Crippen molar-refractivity contribution in [2.45, 2.75) is 13.5 Å². The van der Waals surface area contributed by atoms with Gasteiger partial charge >= 0.3 is 0 Å². The molecule has 3 heteroatoms. The van der Waals surface area contributed by atoms with Gasteiger partial charge in [-0.15, -0.1) is 0 Å². The zero-order valence-corrected chi connectivity index (χ0v) is 11.2. The van der Waals surface area contributed by atoms with Crippen LogP contribution in [-0.4, -0.2) is 10.1 Å². The third kappa shape index (κ3) is 2.24. The quantitative estimate of drug-likeness (QED) is 0.782. The Bertz CT molecular complexity index is 753. The monoisotopic (exact) mass is 265 g/mol. The van der Waals surface area contributed by atoms with E-state index in [9.17, 15) is 5.11 Å². The molecule has 1 aromatic heterocycles. The predicted octanol–water partition coefficient (Wildman–Crippen LogP) is 3.83. The molecular formula is C17H15NO2. The van der Waals surface area contributed by atoms with Gasteiger partial charge in [0, 0.05) is 17.1 Å². The maximum atomic E-state index is 9.38. The number of benzene rings is 2. The molecule has 2 aromatic carbocycles. The van der Waals surface area contributed by atoms with E-state index in [0.717, 1.165) is 27.6 Å². The van der Waals surface area contributed by atoms with Gasteiger partial charge in [0.1, 0.15) is 5.75 Å². The summed E-state index contributed by atoms with van der Waals surface area (Å²) in [5, 5.41) is 11.3. The number of fused-ring (bicyclic) bond motifs is 1. The number of para-hydroxylation sites is 1. The molecule has 0 saturated heterocycles. The molecule has 0 unspecified atom stereocenters. The molecule has 0 radical (unpaired) electrons. The smallest absolute Gasteiger partial charge is 0.227 e. The first kappa shape index (κ1) is 12.6. The lowest BCUT2D eigenvalue weighted by Crippen LogP contribution is -1.94. The molecule has 0 aliphatic carbocycles. The Morgan fingerprint density at radius 2 is 1.70 bits per heavy atom. The van der Waals surface area contributed by atoms with Crippen LogP contribution in [0, 0.1) is 6.92 Å². The first-order chi connectivity index (χ1) is 9.79. The minimum Gasteiger partial charge on any atom is -0.438 e. The average Bonchev–Trinajstić information content (AvgIpc) is 2.50. The highest BCUT2D eigenvalue weighted by Crippen LogP contribution is 2.31. The summed E-state index contributed by atoms with van der Waals surface area (Å²) in [5.41, 5.74) is 1.86. The minimum absolute atomic E-state index is 0.0296. The molecule has 0 amide bonds. The van der Waals surface area contributed by atoms with Crippen LogP contribution in [0.2, 0.25) is 0 Å². The molecule has 0 aliphatic heterocycles. The number of aliphatic hydroxyl groups excluding tert-OH is 1. The van der Waals surface area contributed by atoms with E-state index >= 15 is 0 Å². The summed E-state index contributed by atoms with van der Waals surface area (Å²) in [4.78, 5) is 4.33. The molecule has 3 nitrogen and oxygen atoms in total. The van der Waals surface area contributed by atoms with Gasteiger partial charge in [0.15, 0.2) is 0 Å². The van der Waals surface area contributed by atoms with Crippen molar-refractivity contribution >= 4 is 10.8 Å². The summed E-state index contributed by atoms with van der Waals surface area (Å²) in [7, 11) is 0. The van der Waals surface area contributed by atoms with Crippen LogP contribution in [-0.2, 0) is 6.61 Å². The van der Waals surface area contributed by atoms with Gasteiger partial charge in [0.2, 0.25) is 5.88 Å². The summed E-state index contributed by atoms with van der Waals surface area (Å²) in [5.74, 6) is 1.36. The molecule has 20 heavy (non-hydrogen) atoms. The topological polar surface area (TPSA) is 42.4 Å². The number of aryl methyl sites for hydroxylation is 1. The van der Waals surface area contributed by atoms with E-state index in [1.807, 2.05) is 55.5 Å². The van der Waals surface area contributed by atoms with Crippen molar-refractivity contribution in [2.24, 2.45) is 0 Å². The molecule has 3 rings (SSSR count). The Morgan fingerprint density at radius 3 is 2.45 bits per heavy atom. The van der Waals surface area contributed by atoms with E-state index in [1.54, 1.807) is 6.20 Å². The number of aliphatic hydroxyl groups is 1. The van der Waals surface area contributed by atoms with E-state index in [0.29, 0.717) is 5.88 Å². The lowest BCUT2D eigenvalue weighted by atomic mass is 10.1. The van der Waals surface area contributed by atoms with Gasteiger partial charge in [-0.05, 0) is 30.0 Å². The molecule has 0 atom stereocenters. The van der Waals surface area contributed by atoms with Gasteiger partial charge in [-0.25, -0.2) is 4.98 Å². The summed E-state index contributed by atoms with van der Waals surface area (Å²) >= 11 is 0. The number of ether oxygens (including phenoxy) is 1. The minimum atomic E-state index is -0.0296. The maximum Gasteiger partial charge on any atom is 0.227 e. The van der Waals surface area contributed by atoms with Crippen molar-refractivity contribution in [2.75, 3.05) is 0 Å². The second-order valence-corrected chi connectivity index (χ2v) is 4.66. The van der Waals surface area contributed by atoms with Crippen LogP contribution >= 0.6 is 0 Å². The van der Waals surface area contributed by atoms with Crippen LogP contribution in [0.4, 0.5) is 0 Å². The summed E-state index contributed by atoms with van der Waals surface area (Å²) in [6.07, 6.45) is 1.66. The molecule has 1 heterocycles. The van der Waals surface area contributed by atoms with Crippen molar-refractivity contribution in [3.05, 3.63) is 65.9 Å². The molecule has 0 aliphatic rings. The molecule has 1 N–H and O–H groups in total. The number of hydrogen-bond donors (Lipinski definition) is 1. The maximum absolute atomic E-state index is 9.38. The van der Waals surface area contributed by atoms with Gasteiger partial charge in [0.25, 0.3) is 0 Å². The highest BCUT2D eigenvalue weighted by atomic mass is 16.5. The second-order valence-electron chi connectivity index (χ2n) is 4.66. The van der Waals surface area contributed by atoms with Crippen molar-refractivity contribution in [1.82, 2.24) is 4.98 Å². The molecule has 0 saturated carbocycles. The van der Waals surface area contributed by atoms with Crippen LogP contribution < -0.4 is 4.74 Å². The third-order valence-electron chi connectivity index (χ3n) is 3.31. The summed E-state index contributed by atoms with van der Waals surface area (Å²) < 4.78 is 5.93. The van der Waals surface area contributed by atoms with Crippen LogP contribution in [0.3, 0.4) is 0 Å². The first-order valence-electron chi connectivity index (χ1n) is 6.50. The number of nitrogens with zero attached hydrogens (tertiary/aromatic N) is 1. The summed E-state index contributed by atoms with van der Waals surface area (Å²) in [6.45, 7) is 1.97. The number of pyridine rings is 1. The molecule has 0 fully saturated rings. The lowest BCUT2D eigenvalue weighted by molar-refractivity contribution is 0.282. The fraction of sp³-hybridized carbons (Fsp3) is 0.118. The zero-order chi connectivity index (χ0) is 13.9. The highest BCUT2D eigenvalue weighted by Gasteiger charge is 2.09. The Hall–Kier alpha value is -2.39. The highest BCUT2D eigenvalue weighted by molar-refractivity contribution is 5.89.